The predicted molar refractivity (Wildman–Crippen MR) is 113 cm³/mol. The molecule has 2 aromatic heterocycles. The van der Waals surface area contributed by atoms with Gasteiger partial charge in [0.15, 0.2) is 11.7 Å². The molecule has 1 amide bonds. The van der Waals surface area contributed by atoms with E-state index in [-0.39, 0.29) is 12.3 Å². The van der Waals surface area contributed by atoms with Crippen LogP contribution in [0.1, 0.15) is 12.3 Å². The first kappa shape index (κ1) is 19.2. The van der Waals surface area contributed by atoms with E-state index in [4.69, 9.17) is 27.6 Å². The third-order valence-electron chi connectivity index (χ3n) is 4.23. The number of aryl methyl sites for hydroxylation is 1. The van der Waals surface area contributed by atoms with E-state index in [1.54, 1.807) is 36.8 Å². The molecule has 2 N–H and O–H groups in total. The first-order valence-corrected chi connectivity index (χ1v) is 9.64. The largest absolute Gasteiger partial charge is 0.441 e. The van der Waals surface area contributed by atoms with Crippen molar-refractivity contribution in [3.63, 3.8) is 0 Å². The molecule has 6 nitrogen and oxygen atoms in total. The molecule has 4 aromatic rings. The minimum absolute atomic E-state index is 0.133. The Morgan fingerprint density at radius 1 is 1.14 bits per heavy atom. The Morgan fingerprint density at radius 3 is 2.83 bits per heavy atom. The highest BCUT2D eigenvalue weighted by Crippen LogP contribution is 2.31. The third kappa shape index (κ3) is 4.67. The molecule has 0 saturated carbocycles. The van der Waals surface area contributed by atoms with E-state index in [1.807, 2.05) is 24.3 Å². The van der Waals surface area contributed by atoms with Crippen molar-refractivity contribution in [2.24, 2.45) is 0 Å². The molecule has 0 radical (unpaired) electrons. The van der Waals surface area contributed by atoms with E-state index in [0.29, 0.717) is 39.4 Å². The fraction of sp³-hybridized carbons (Fsp3) is 0.0952. The Labute approximate surface area is 176 Å². The van der Waals surface area contributed by atoms with E-state index in [9.17, 15) is 4.79 Å². The second-order valence-electron chi connectivity index (χ2n) is 6.31. The predicted octanol–water partition coefficient (Wildman–Crippen LogP) is 5.61. The summed E-state index contributed by atoms with van der Waals surface area (Å²) in [5, 5.41) is 3.91. The number of hydrogen-bond donors (Lipinski definition) is 2. The highest BCUT2D eigenvalue weighted by atomic mass is 35.5. The number of oxazole rings is 1. The quantitative estimate of drug-likeness (QED) is 0.419. The van der Waals surface area contributed by atoms with Crippen LogP contribution in [0.3, 0.4) is 0 Å². The molecule has 4 rings (SSSR count). The van der Waals surface area contributed by atoms with Gasteiger partial charge in [0.1, 0.15) is 5.82 Å². The van der Waals surface area contributed by atoms with E-state index < -0.39 is 0 Å². The number of nitrogens with one attached hydrogen (secondary N) is 2. The van der Waals surface area contributed by atoms with Crippen LogP contribution in [-0.2, 0) is 11.2 Å². The summed E-state index contributed by atoms with van der Waals surface area (Å²) in [7, 11) is 0. The number of halogens is 2. The van der Waals surface area contributed by atoms with Crippen molar-refractivity contribution in [1.82, 2.24) is 15.0 Å². The molecule has 8 heteroatoms. The zero-order chi connectivity index (χ0) is 20.2. The topological polar surface area (TPSA) is 83.8 Å². The number of hydrogen-bond acceptors (Lipinski definition) is 4. The molecule has 146 valence electrons. The second kappa shape index (κ2) is 8.51. The highest BCUT2D eigenvalue weighted by Gasteiger charge is 2.12. The van der Waals surface area contributed by atoms with Crippen molar-refractivity contribution < 1.29 is 9.21 Å². The Balaban J connectivity index is 1.37. The number of amides is 1. The fourth-order valence-electron chi connectivity index (χ4n) is 2.85. The molecule has 0 aliphatic heterocycles. The van der Waals surface area contributed by atoms with Crippen LogP contribution in [-0.4, -0.2) is 20.9 Å². The number of aromatic nitrogens is 3. The molecule has 2 aromatic carbocycles. The average molecular weight is 427 g/mol. The highest BCUT2D eigenvalue weighted by molar-refractivity contribution is 6.36. The Kier molecular flexibility index (Phi) is 5.64. The van der Waals surface area contributed by atoms with Crippen LogP contribution in [0.4, 0.5) is 5.69 Å². The maximum absolute atomic E-state index is 12.3. The van der Waals surface area contributed by atoms with Gasteiger partial charge in [-0.3, -0.25) is 4.79 Å². The molecule has 0 fully saturated rings. The SMILES string of the molecule is O=C(CCc1ncc(-c2ccc(Cl)cc2Cl)o1)Nc1cccc(-c2ncc[nH]2)c1. The van der Waals surface area contributed by atoms with E-state index in [0.717, 1.165) is 11.4 Å². The van der Waals surface area contributed by atoms with Crippen LogP contribution in [0, 0.1) is 0 Å². The first-order chi connectivity index (χ1) is 14.1. The summed E-state index contributed by atoms with van der Waals surface area (Å²) < 4.78 is 5.73. The molecule has 29 heavy (non-hydrogen) atoms. The lowest BCUT2D eigenvalue weighted by molar-refractivity contribution is -0.116. The van der Waals surface area contributed by atoms with Crippen LogP contribution in [0.2, 0.25) is 10.0 Å². The fourth-order valence-corrected chi connectivity index (χ4v) is 3.35. The Morgan fingerprint density at radius 2 is 2.03 bits per heavy atom. The molecule has 0 spiro atoms. The van der Waals surface area contributed by atoms with E-state index in [1.165, 1.54) is 0 Å². The number of rotatable bonds is 6. The van der Waals surface area contributed by atoms with Crippen molar-refractivity contribution in [2.75, 3.05) is 5.32 Å². The summed E-state index contributed by atoms with van der Waals surface area (Å²) in [5.74, 6) is 1.61. The minimum atomic E-state index is -0.133. The van der Waals surface area contributed by atoms with Gasteiger partial charge in [0.25, 0.3) is 0 Å². The van der Waals surface area contributed by atoms with Crippen LogP contribution in [0.25, 0.3) is 22.7 Å². The molecule has 2 heterocycles. The van der Waals surface area contributed by atoms with Crippen LogP contribution < -0.4 is 5.32 Å². The lowest BCUT2D eigenvalue weighted by Gasteiger charge is -2.06. The summed E-state index contributed by atoms with van der Waals surface area (Å²) in [6.07, 6.45) is 5.63. The van der Waals surface area contributed by atoms with E-state index >= 15 is 0 Å². The Bertz CT molecular complexity index is 1140. The van der Waals surface area contributed by atoms with Crippen molar-refractivity contribution >= 4 is 34.8 Å². The number of carbonyl (C=O) groups excluding carboxylic acids is 1. The minimum Gasteiger partial charge on any atom is -0.441 e. The van der Waals surface area contributed by atoms with Gasteiger partial charge in [-0.2, -0.15) is 0 Å². The number of anilines is 1. The van der Waals surface area contributed by atoms with Crippen LogP contribution >= 0.6 is 23.2 Å². The molecular weight excluding hydrogens is 411 g/mol. The van der Waals surface area contributed by atoms with Gasteiger partial charge in [-0.1, -0.05) is 35.3 Å². The van der Waals surface area contributed by atoms with Gasteiger partial charge in [-0.05, 0) is 30.3 Å². The number of nitrogens with zero attached hydrogens (tertiary/aromatic N) is 2. The molecule has 0 aliphatic rings. The third-order valence-corrected chi connectivity index (χ3v) is 4.78. The smallest absolute Gasteiger partial charge is 0.224 e. The molecule has 0 unspecified atom stereocenters. The molecule has 0 atom stereocenters. The van der Waals surface area contributed by atoms with Gasteiger partial charge in [0.05, 0.1) is 11.2 Å². The summed E-state index contributed by atoms with van der Waals surface area (Å²) in [4.78, 5) is 23.8. The molecule has 0 saturated heterocycles. The lowest BCUT2D eigenvalue weighted by Crippen LogP contribution is -2.12. The van der Waals surface area contributed by atoms with E-state index in [2.05, 4.69) is 20.3 Å². The monoisotopic (exact) mass is 426 g/mol. The summed E-state index contributed by atoms with van der Waals surface area (Å²) in [5.41, 5.74) is 2.30. The van der Waals surface area contributed by atoms with Gasteiger partial charge in [0.2, 0.25) is 5.91 Å². The van der Waals surface area contributed by atoms with Crippen molar-refractivity contribution in [3.05, 3.63) is 77.0 Å². The maximum Gasteiger partial charge on any atom is 0.224 e. The number of carbonyl (C=O) groups is 1. The summed E-state index contributed by atoms with van der Waals surface area (Å²) in [6, 6.07) is 12.6. The van der Waals surface area contributed by atoms with Crippen molar-refractivity contribution in [2.45, 2.75) is 12.8 Å². The first-order valence-electron chi connectivity index (χ1n) is 8.88. The number of aromatic amines is 1. The molecular formula is C21H16Cl2N4O2. The lowest BCUT2D eigenvalue weighted by atomic mass is 10.2. The van der Waals surface area contributed by atoms with Gasteiger partial charge in [0, 0.05) is 47.1 Å². The zero-order valence-electron chi connectivity index (χ0n) is 15.2. The Hall–Kier alpha value is -3.09. The van der Waals surface area contributed by atoms with Gasteiger partial charge < -0.3 is 14.7 Å². The summed E-state index contributed by atoms with van der Waals surface area (Å²) >= 11 is 12.1. The summed E-state index contributed by atoms with van der Waals surface area (Å²) in [6.45, 7) is 0. The van der Waals surface area contributed by atoms with Gasteiger partial charge in [-0.15, -0.1) is 0 Å². The van der Waals surface area contributed by atoms with Gasteiger partial charge in [-0.25, -0.2) is 9.97 Å². The maximum atomic E-state index is 12.3. The van der Waals surface area contributed by atoms with Crippen molar-refractivity contribution in [3.8, 4) is 22.7 Å². The number of imidazole rings is 1. The second-order valence-corrected chi connectivity index (χ2v) is 7.15. The standard InChI is InChI=1S/C21H16Cl2N4O2/c22-14-4-5-16(17(23)11-14)18-12-26-20(29-18)7-6-19(28)27-15-3-1-2-13(10-15)21-24-8-9-25-21/h1-5,8-12H,6-7H2,(H,24,25)(H,27,28). The molecule has 0 aliphatic carbocycles. The molecule has 0 bridgehead atoms. The normalized spacial score (nSPS) is 10.8. The van der Waals surface area contributed by atoms with Gasteiger partial charge >= 0.3 is 0 Å². The van der Waals surface area contributed by atoms with Crippen LogP contribution in [0.5, 0.6) is 0 Å². The zero-order valence-corrected chi connectivity index (χ0v) is 16.7. The number of H-pyrrole nitrogens is 1. The van der Waals surface area contributed by atoms with Crippen LogP contribution in [0.15, 0.2) is 65.5 Å². The average Bonchev–Trinajstić information content (AvgIpc) is 3.39. The number of benzene rings is 2. The van der Waals surface area contributed by atoms with Crippen molar-refractivity contribution in [1.29, 1.82) is 0 Å².